The number of hydrogen-bond acceptors (Lipinski definition) is 2. The van der Waals surface area contributed by atoms with Crippen molar-refractivity contribution in [3.63, 3.8) is 0 Å². The molecule has 5 heteroatoms. The maximum atomic E-state index is 11.9. The minimum absolute atomic E-state index is 0.138. The molecule has 0 aliphatic rings. The fraction of sp³-hybridized carbons (Fsp3) is 0.417. The highest BCUT2D eigenvalue weighted by molar-refractivity contribution is 14.1. The van der Waals surface area contributed by atoms with E-state index in [9.17, 15) is 4.79 Å². The highest BCUT2D eigenvalue weighted by atomic mass is 127. The summed E-state index contributed by atoms with van der Waals surface area (Å²) in [6.45, 7) is 4.01. The Morgan fingerprint density at radius 2 is 2.24 bits per heavy atom. The van der Waals surface area contributed by atoms with Gasteiger partial charge in [-0.1, -0.05) is 20.3 Å². The predicted octanol–water partition coefficient (Wildman–Crippen LogP) is 3.37. The van der Waals surface area contributed by atoms with Gasteiger partial charge in [0.15, 0.2) is 0 Å². The first-order valence-corrected chi connectivity index (χ1v) is 7.34. The second-order valence-electron chi connectivity index (χ2n) is 4.02. The van der Waals surface area contributed by atoms with Crippen LogP contribution >= 0.6 is 38.5 Å². The van der Waals surface area contributed by atoms with Crippen LogP contribution in [0.4, 0.5) is 5.69 Å². The molecule has 2 atom stereocenters. The predicted molar refractivity (Wildman–Crippen MR) is 82.9 cm³/mol. The highest BCUT2D eigenvalue weighted by Gasteiger charge is 2.19. The lowest BCUT2D eigenvalue weighted by atomic mass is 9.99. The third kappa shape index (κ3) is 4.22. The summed E-state index contributed by atoms with van der Waals surface area (Å²) in [5.74, 6) is 0.0406. The van der Waals surface area contributed by atoms with Crippen LogP contribution in [0, 0.1) is 9.49 Å². The molecule has 0 aromatic heterocycles. The van der Waals surface area contributed by atoms with Crippen molar-refractivity contribution in [2.45, 2.75) is 26.3 Å². The minimum Gasteiger partial charge on any atom is -0.324 e. The second kappa shape index (κ2) is 6.70. The fourth-order valence-electron chi connectivity index (χ4n) is 1.32. The molecular weight excluding hydrogens is 395 g/mol. The highest BCUT2D eigenvalue weighted by Crippen LogP contribution is 2.24. The number of halogens is 2. The van der Waals surface area contributed by atoms with Gasteiger partial charge >= 0.3 is 0 Å². The summed E-state index contributed by atoms with van der Waals surface area (Å²) in [6.07, 6.45) is 0.891. The normalized spacial score (nSPS) is 14.2. The molecular formula is C12H16BrIN2O. The van der Waals surface area contributed by atoms with Crippen molar-refractivity contribution < 1.29 is 4.79 Å². The molecule has 0 bridgehead atoms. The van der Waals surface area contributed by atoms with Crippen molar-refractivity contribution in [3.05, 3.63) is 26.2 Å². The van der Waals surface area contributed by atoms with Crippen LogP contribution < -0.4 is 11.1 Å². The maximum absolute atomic E-state index is 11.9. The maximum Gasteiger partial charge on any atom is 0.241 e. The van der Waals surface area contributed by atoms with Gasteiger partial charge in [0.25, 0.3) is 0 Å². The Kier molecular flexibility index (Phi) is 5.88. The van der Waals surface area contributed by atoms with Gasteiger partial charge in [-0.05, 0) is 62.6 Å². The van der Waals surface area contributed by atoms with E-state index in [-0.39, 0.29) is 11.8 Å². The van der Waals surface area contributed by atoms with Crippen molar-refractivity contribution in [2.24, 2.45) is 11.7 Å². The zero-order valence-electron chi connectivity index (χ0n) is 9.84. The van der Waals surface area contributed by atoms with Gasteiger partial charge < -0.3 is 11.1 Å². The molecule has 0 saturated carbocycles. The monoisotopic (exact) mass is 410 g/mol. The van der Waals surface area contributed by atoms with E-state index in [2.05, 4.69) is 43.8 Å². The van der Waals surface area contributed by atoms with Crippen molar-refractivity contribution in [3.8, 4) is 0 Å². The number of nitrogens with one attached hydrogen (secondary N) is 1. The van der Waals surface area contributed by atoms with Gasteiger partial charge in [0.1, 0.15) is 0 Å². The van der Waals surface area contributed by atoms with Gasteiger partial charge in [0.05, 0.1) is 11.7 Å². The van der Waals surface area contributed by atoms with Gasteiger partial charge in [-0.15, -0.1) is 0 Å². The summed E-state index contributed by atoms with van der Waals surface area (Å²) in [6, 6.07) is 5.29. The number of anilines is 1. The summed E-state index contributed by atoms with van der Waals surface area (Å²) >= 11 is 5.64. The molecule has 0 fully saturated rings. The lowest BCUT2D eigenvalue weighted by Crippen LogP contribution is -2.40. The van der Waals surface area contributed by atoms with Gasteiger partial charge in [-0.3, -0.25) is 4.79 Å². The molecule has 1 unspecified atom stereocenters. The van der Waals surface area contributed by atoms with E-state index < -0.39 is 6.04 Å². The quantitative estimate of drug-likeness (QED) is 0.747. The Balaban J connectivity index is 2.74. The van der Waals surface area contributed by atoms with Crippen LogP contribution in [0.15, 0.2) is 22.7 Å². The molecule has 94 valence electrons. The number of hydrogen-bond donors (Lipinski definition) is 2. The van der Waals surface area contributed by atoms with Crippen LogP contribution in [0.2, 0.25) is 0 Å². The molecule has 0 saturated heterocycles. The first-order valence-electron chi connectivity index (χ1n) is 5.47. The summed E-state index contributed by atoms with van der Waals surface area (Å²) < 4.78 is 1.98. The standard InChI is InChI=1S/C12H16BrIN2O/c1-3-7(2)11(15)12(17)16-10-5-4-8(14)6-9(10)13/h4-7,11H,3,15H2,1-2H3,(H,16,17)/t7?,11-/m0/s1. The fourth-order valence-corrected chi connectivity index (χ4v) is 2.72. The first kappa shape index (κ1) is 14.9. The average molecular weight is 411 g/mol. The lowest BCUT2D eigenvalue weighted by Gasteiger charge is -2.18. The average Bonchev–Trinajstić information content (AvgIpc) is 2.30. The Labute approximate surface area is 124 Å². The zero-order valence-corrected chi connectivity index (χ0v) is 13.6. The molecule has 1 rings (SSSR count). The summed E-state index contributed by atoms with van der Waals surface area (Å²) in [5.41, 5.74) is 6.63. The Morgan fingerprint density at radius 1 is 1.59 bits per heavy atom. The molecule has 0 aliphatic heterocycles. The molecule has 17 heavy (non-hydrogen) atoms. The van der Waals surface area contributed by atoms with Gasteiger partial charge in [0.2, 0.25) is 5.91 Å². The zero-order chi connectivity index (χ0) is 13.0. The van der Waals surface area contributed by atoms with E-state index in [0.29, 0.717) is 0 Å². The largest absolute Gasteiger partial charge is 0.324 e. The number of benzene rings is 1. The van der Waals surface area contributed by atoms with E-state index in [1.807, 2.05) is 32.0 Å². The SMILES string of the molecule is CCC(C)[C@H](N)C(=O)Nc1ccc(I)cc1Br. The van der Waals surface area contributed by atoms with Crippen LogP contribution in [0.5, 0.6) is 0 Å². The van der Waals surface area contributed by atoms with Gasteiger partial charge in [0, 0.05) is 8.04 Å². The van der Waals surface area contributed by atoms with E-state index in [1.165, 1.54) is 0 Å². The van der Waals surface area contributed by atoms with E-state index in [0.717, 1.165) is 20.2 Å². The number of amides is 1. The molecule has 1 aromatic rings. The summed E-state index contributed by atoms with van der Waals surface area (Å²) in [5, 5.41) is 2.84. The molecule has 1 amide bonds. The van der Waals surface area contributed by atoms with Crippen molar-refractivity contribution in [1.29, 1.82) is 0 Å². The van der Waals surface area contributed by atoms with E-state index in [4.69, 9.17) is 5.73 Å². The van der Waals surface area contributed by atoms with Gasteiger partial charge in [-0.25, -0.2) is 0 Å². The smallest absolute Gasteiger partial charge is 0.241 e. The third-order valence-corrected chi connectivity index (χ3v) is 4.08. The molecule has 0 spiro atoms. The van der Waals surface area contributed by atoms with Crippen LogP contribution in [0.1, 0.15) is 20.3 Å². The topological polar surface area (TPSA) is 55.1 Å². The summed E-state index contributed by atoms with van der Waals surface area (Å²) in [7, 11) is 0. The van der Waals surface area contributed by atoms with Crippen LogP contribution in [-0.2, 0) is 4.79 Å². The van der Waals surface area contributed by atoms with Crippen molar-refractivity contribution in [2.75, 3.05) is 5.32 Å². The number of carbonyl (C=O) groups excluding carboxylic acids is 1. The molecule has 0 radical (unpaired) electrons. The van der Waals surface area contributed by atoms with E-state index in [1.54, 1.807) is 0 Å². The van der Waals surface area contributed by atoms with Gasteiger partial charge in [-0.2, -0.15) is 0 Å². The molecule has 3 N–H and O–H groups in total. The minimum atomic E-state index is -0.467. The van der Waals surface area contributed by atoms with Crippen LogP contribution in [-0.4, -0.2) is 11.9 Å². The Bertz CT molecular complexity index is 411. The Hall–Kier alpha value is -0.140. The third-order valence-electron chi connectivity index (χ3n) is 2.75. The second-order valence-corrected chi connectivity index (χ2v) is 6.12. The van der Waals surface area contributed by atoms with Crippen LogP contribution in [0.25, 0.3) is 0 Å². The van der Waals surface area contributed by atoms with E-state index >= 15 is 0 Å². The van der Waals surface area contributed by atoms with Crippen LogP contribution in [0.3, 0.4) is 0 Å². The number of carbonyl (C=O) groups is 1. The molecule has 0 heterocycles. The Morgan fingerprint density at radius 3 is 2.76 bits per heavy atom. The van der Waals surface area contributed by atoms with Crippen molar-refractivity contribution >= 4 is 50.1 Å². The first-order chi connectivity index (χ1) is 7.95. The summed E-state index contributed by atoms with van der Waals surface area (Å²) in [4.78, 5) is 11.9. The molecule has 3 nitrogen and oxygen atoms in total. The lowest BCUT2D eigenvalue weighted by molar-refractivity contribution is -0.118. The molecule has 1 aromatic carbocycles. The number of rotatable bonds is 4. The molecule has 0 aliphatic carbocycles. The van der Waals surface area contributed by atoms with Crippen molar-refractivity contribution in [1.82, 2.24) is 0 Å². The number of nitrogens with two attached hydrogens (primary N) is 1.